The van der Waals surface area contributed by atoms with Crippen molar-refractivity contribution in [1.82, 2.24) is 10.2 Å². The monoisotopic (exact) mass is 341 g/mol. The summed E-state index contributed by atoms with van der Waals surface area (Å²) in [5, 5.41) is 5.05. The van der Waals surface area contributed by atoms with Crippen molar-refractivity contribution < 1.29 is 23.5 Å². The van der Waals surface area contributed by atoms with Crippen molar-refractivity contribution in [2.75, 3.05) is 19.0 Å². The lowest BCUT2D eigenvalue weighted by Gasteiger charge is -2.13. The molecule has 0 bridgehead atoms. The SMILES string of the molecule is COc1ccccc1NC(=O)CN1C(=O)N/C(=C/c2ccoc2)C1=O. The van der Waals surface area contributed by atoms with E-state index in [-0.39, 0.29) is 5.70 Å². The van der Waals surface area contributed by atoms with Gasteiger partial charge in [-0.05, 0) is 24.3 Å². The van der Waals surface area contributed by atoms with Crippen LogP contribution in [0.15, 0.2) is 53.0 Å². The number of anilines is 1. The summed E-state index contributed by atoms with van der Waals surface area (Å²) >= 11 is 0. The van der Waals surface area contributed by atoms with Gasteiger partial charge >= 0.3 is 6.03 Å². The lowest BCUT2D eigenvalue weighted by atomic mass is 10.2. The third-order valence-electron chi connectivity index (χ3n) is 3.50. The van der Waals surface area contributed by atoms with Crippen LogP contribution >= 0.6 is 0 Å². The van der Waals surface area contributed by atoms with E-state index in [1.165, 1.54) is 25.7 Å². The van der Waals surface area contributed by atoms with Crippen molar-refractivity contribution in [1.29, 1.82) is 0 Å². The minimum absolute atomic E-state index is 0.0801. The van der Waals surface area contributed by atoms with Crippen LogP contribution in [0.25, 0.3) is 6.08 Å². The molecule has 2 aromatic rings. The van der Waals surface area contributed by atoms with Crippen molar-refractivity contribution in [3.05, 3.63) is 54.1 Å². The van der Waals surface area contributed by atoms with E-state index in [1.54, 1.807) is 30.3 Å². The number of furan rings is 1. The van der Waals surface area contributed by atoms with Crippen LogP contribution in [0.1, 0.15) is 5.56 Å². The van der Waals surface area contributed by atoms with Crippen molar-refractivity contribution >= 4 is 29.6 Å². The molecule has 128 valence electrons. The van der Waals surface area contributed by atoms with Gasteiger partial charge in [-0.1, -0.05) is 12.1 Å². The molecule has 1 aromatic heterocycles. The van der Waals surface area contributed by atoms with Gasteiger partial charge in [-0.3, -0.25) is 9.59 Å². The van der Waals surface area contributed by atoms with Gasteiger partial charge in [0.25, 0.3) is 5.91 Å². The normalized spacial score (nSPS) is 15.4. The second kappa shape index (κ2) is 6.91. The van der Waals surface area contributed by atoms with Gasteiger partial charge in [-0.2, -0.15) is 0 Å². The molecule has 0 saturated carbocycles. The van der Waals surface area contributed by atoms with E-state index >= 15 is 0 Å². The van der Waals surface area contributed by atoms with Gasteiger partial charge in [0.15, 0.2) is 0 Å². The molecule has 0 radical (unpaired) electrons. The smallest absolute Gasteiger partial charge is 0.329 e. The topological polar surface area (TPSA) is 101 Å². The zero-order valence-corrected chi connectivity index (χ0v) is 13.3. The fraction of sp³-hybridized carbons (Fsp3) is 0.118. The maximum absolute atomic E-state index is 12.3. The summed E-state index contributed by atoms with van der Waals surface area (Å²) in [6.45, 7) is -0.411. The molecule has 25 heavy (non-hydrogen) atoms. The number of para-hydroxylation sites is 2. The van der Waals surface area contributed by atoms with Crippen molar-refractivity contribution in [3.8, 4) is 5.75 Å². The first-order valence-corrected chi connectivity index (χ1v) is 7.38. The molecule has 2 heterocycles. The highest BCUT2D eigenvalue weighted by atomic mass is 16.5. The number of imide groups is 1. The van der Waals surface area contributed by atoms with Gasteiger partial charge in [-0.15, -0.1) is 0 Å². The summed E-state index contributed by atoms with van der Waals surface area (Å²) in [6, 6.07) is 7.83. The van der Waals surface area contributed by atoms with E-state index < -0.39 is 24.4 Å². The number of carbonyl (C=O) groups excluding carboxylic acids is 3. The number of benzene rings is 1. The van der Waals surface area contributed by atoms with E-state index in [2.05, 4.69) is 10.6 Å². The van der Waals surface area contributed by atoms with Crippen LogP contribution < -0.4 is 15.4 Å². The van der Waals surface area contributed by atoms with E-state index in [0.29, 0.717) is 17.0 Å². The fourth-order valence-corrected chi connectivity index (χ4v) is 2.32. The average molecular weight is 341 g/mol. The van der Waals surface area contributed by atoms with Crippen LogP contribution in [0.3, 0.4) is 0 Å². The number of hydrogen-bond acceptors (Lipinski definition) is 5. The minimum Gasteiger partial charge on any atom is -0.495 e. The summed E-state index contributed by atoms with van der Waals surface area (Å²) in [6.07, 6.45) is 4.36. The van der Waals surface area contributed by atoms with Gasteiger partial charge < -0.3 is 19.8 Å². The number of urea groups is 1. The van der Waals surface area contributed by atoms with E-state index in [0.717, 1.165) is 4.90 Å². The van der Waals surface area contributed by atoms with Crippen molar-refractivity contribution in [2.45, 2.75) is 0 Å². The van der Waals surface area contributed by atoms with Crippen LogP contribution in [0, 0.1) is 0 Å². The Morgan fingerprint density at radius 2 is 2.12 bits per heavy atom. The van der Waals surface area contributed by atoms with Gasteiger partial charge in [0.1, 0.15) is 18.0 Å². The molecule has 4 amide bonds. The molecule has 1 aliphatic heterocycles. The van der Waals surface area contributed by atoms with E-state index in [4.69, 9.17) is 9.15 Å². The van der Waals surface area contributed by atoms with Crippen molar-refractivity contribution in [2.24, 2.45) is 0 Å². The molecule has 0 aliphatic carbocycles. The summed E-state index contributed by atoms with van der Waals surface area (Å²) in [4.78, 5) is 37.3. The van der Waals surface area contributed by atoms with Gasteiger partial charge in [0, 0.05) is 5.56 Å². The first-order chi connectivity index (χ1) is 12.1. The molecule has 0 unspecified atom stereocenters. The maximum atomic E-state index is 12.3. The summed E-state index contributed by atoms with van der Waals surface area (Å²) < 4.78 is 10.1. The first-order valence-electron chi connectivity index (χ1n) is 7.38. The maximum Gasteiger partial charge on any atom is 0.329 e. The number of methoxy groups -OCH3 is 1. The Labute approximate surface area is 143 Å². The Balaban J connectivity index is 1.69. The molecule has 1 aliphatic rings. The fourth-order valence-electron chi connectivity index (χ4n) is 2.32. The minimum atomic E-state index is -0.657. The predicted octanol–water partition coefficient (Wildman–Crippen LogP) is 1.82. The zero-order chi connectivity index (χ0) is 17.8. The van der Waals surface area contributed by atoms with Crippen LogP contribution in [0.2, 0.25) is 0 Å². The highest BCUT2D eigenvalue weighted by Crippen LogP contribution is 2.23. The molecule has 8 heteroatoms. The molecule has 3 rings (SSSR count). The highest BCUT2D eigenvalue weighted by Gasteiger charge is 2.35. The molecule has 2 N–H and O–H groups in total. The van der Waals surface area contributed by atoms with E-state index in [1.807, 2.05) is 0 Å². The van der Waals surface area contributed by atoms with Gasteiger partial charge in [0.05, 0.1) is 25.3 Å². The van der Waals surface area contributed by atoms with Crippen LogP contribution in [-0.4, -0.2) is 36.4 Å². The van der Waals surface area contributed by atoms with Gasteiger partial charge in [0.2, 0.25) is 5.91 Å². The number of hydrogen-bond donors (Lipinski definition) is 2. The van der Waals surface area contributed by atoms with Gasteiger partial charge in [-0.25, -0.2) is 9.69 Å². The quantitative estimate of drug-likeness (QED) is 0.638. The average Bonchev–Trinajstić information content (AvgIpc) is 3.20. The Kier molecular flexibility index (Phi) is 4.51. The lowest BCUT2D eigenvalue weighted by molar-refractivity contribution is -0.127. The third kappa shape index (κ3) is 3.52. The summed E-state index contributed by atoms with van der Waals surface area (Å²) in [5.74, 6) is -0.618. The zero-order valence-electron chi connectivity index (χ0n) is 13.3. The molecule has 1 saturated heterocycles. The van der Waals surface area contributed by atoms with Crippen LogP contribution in [0.4, 0.5) is 10.5 Å². The number of nitrogens with zero attached hydrogens (tertiary/aromatic N) is 1. The molecule has 8 nitrogen and oxygen atoms in total. The Hall–Kier alpha value is -3.55. The number of rotatable bonds is 5. The molecule has 1 fully saturated rings. The largest absolute Gasteiger partial charge is 0.495 e. The van der Waals surface area contributed by atoms with Crippen LogP contribution in [0.5, 0.6) is 5.75 Å². The second-order valence-corrected chi connectivity index (χ2v) is 5.18. The molecule has 1 aromatic carbocycles. The number of carbonyl (C=O) groups is 3. The predicted molar refractivity (Wildman–Crippen MR) is 88.6 cm³/mol. The first kappa shape index (κ1) is 16.3. The third-order valence-corrected chi connectivity index (χ3v) is 3.50. The highest BCUT2D eigenvalue weighted by molar-refractivity contribution is 6.16. The Morgan fingerprint density at radius 1 is 1.32 bits per heavy atom. The Bertz CT molecular complexity index is 842. The van der Waals surface area contributed by atoms with Crippen molar-refractivity contribution in [3.63, 3.8) is 0 Å². The lowest BCUT2D eigenvalue weighted by Crippen LogP contribution is -2.38. The molecular weight excluding hydrogens is 326 g/mol. The molecule has 0 atom stereocenters. The second-order valence-electron chi connectivity index (χ2n) is 5.18. The molecular formula is C17H15N3O5. The number of amides is 4. The molecule has 0 spiro atoms. The number of nitrogens with one attached hydrogen (secondary N) is 2. The van der Waals surface area contributed by atoms with Crippen LogP contribution in [-0.2, 0) is 9.59 Å². The number of ether oxygens (including phenoxy) is 1. The Morgan fingerprint density at radius 3 is 2.84 bits per heavy atom. The summed E-state index contributed by atoms with van der Waals surface area (Å²) in [5.41, 5.74) is 1.16. The standard InChI is InChI=1S/C17H15N3O5/c1-24-14-5-3-2-4-12(14)18-15(21)9-20-16(22)13(19-17(20)23)8-11-6-7-25-10-11/h2-8,10H,9H2,1H3,(H,18,21)(H,19,23)/b13-8+. The summed E-state index contributed by atoms with van der Waals surface area (Å²) in [7, 11) is 1.48. The van der Waals surface area contributed by atoms with E-state index in [9.17, 15) is 14.4 Å².